The van der Waals surface area contributed by atoms with E-state index in [9.17, 15) is 0 Å². The predicted octanol–water partition coefficient (Wildman–Crippen LogP) is 0.927. The third-order valence-electron chi connectivity index (χ3n) is 3.62. The Morgan fingerprint density at radius 2 is 2.18 bits per heavy atom. The van der Waals surface area contributed by atoms with Crippen LogP contribution in [0.25, 0.3) is 0 Å². The van der Waals surface area contributed by atoms with Crippen molar-refractivity contribution in [1.82, 2.24) is 9.88 Å². The molecular formula is C13H22N4. The Kier molecular flexibility index (Phi) is 3.64. The predicted molar refractivity (Wildman–Crippen MR) is 71.0 cm³/mol. The highest BCUT2D eigenvalue weighted by Crippen LogP contribution is 2.25. The first kappa shape index (κ1) is 12.3. The summed E-state index contributed by atoms with van der Waals surface area (Å²) >= 11 is 0. The summed E-state index contributed by atoms with van der Waals surface area (Å²) in [6, 6.07) is 4.77. The molecule has 2 N–H and O–H groups in total. The molecule has 0 amide bonds. The molecule has 2 unspecified atom stereocenters. The van der Waals surface area contributed by atoms with Crippen molar-refractivity contribution in [3.05, 3.63) is 24.0 Å². The first-order valence-electron chi connectivity index (χ1n) is 6.18. The number of pyridine rings is 1. The van der Waals surface area contributed by atoms with Gasteiger partial charge < -0.3 is 15.5 Å². The molecular weight excluding hydrogens is 212 g/mol. The van der Waals surface area contributed by atoms with Gasteiger partial charge in [-0.3, -0.25) is 4.98 Å². The van der Waals surface area contributed by atoms with Crippen LogP contribution in [0.4, 0.5) is 5.69 Å². The highest BCUT2D eigenvalue weighted by Gasteiger charge is 2.31. The normalized spacial score (nSPS) is 24.6. The van der Waals surface area contributed by atoms with Gasteiger partial charge in [-0.25, -0.2) is 0 Å². The molecule has 0 spiro atoms. The van der Waals surface area contributed by atoms with Crippen molar-refractivity contribution in [3.8, 4) is 0 Å². The fourth-order valence-corrected chi connectivity index (χ4v) is 2.56. The van der Waals surface area contributed by atoms with E-state index in [0.717, 1.165) is 18.8 Å². The van der Waals surface area contributed by atoms with Gasteiger partial charge in [-0.1, -0.05) is 6.92 Å². The highest BCUT2D eigenvalue weighted by atomic mass is 15.2. The molecule has 4 nitrogen and oxygen atoms in total. The standard InChI is InChI=1S/C13H22N4/c1-10-8-17(9-13(10)16(2)3)12-5-4-11(6-14)15-7-12/h4-5,7,10,13H,6,8-9,14H2,1-3H3. The molecule has 0 radical (unpaired) electrons. The Hall–Kier alpha value is -1.13. The molecule has 0 aromatic carbocycles. The molecule has 1 fully saturated rings. The van der Waals surface area contributed by atoms with E-state index in [1.54, 1.807) is 0 Å². The number of anilines is 1. The molecule has 94 valence electrons. The Labute approximate surface area is 103 Å². The summed E-state index contributed by atoms with van der Waals surface area (Å²) in [5, 5.41) is 0. The summed E-state index contributed by atoms with van der Waals surface area (Å²) in [7, 11) is 4.31. The van der Waals surface area contributed by atoms with Crippen molar-refractivity contribution in [1.29, 1.82) is 0 Å². The molecule has 1 aliphatic heterocycles. The Bertz CT molecular complexity index is 360. The average Bonchev–Trinajstić information content (AvgIpc) is 2.71. The van der Waals surface area contributed by atoms with Crippen LogP contribution in [0.5, 0.6) is 0 Å². The fourth-order valence-electron chi connectivity index (χ4n) is 2.56. The SMILES string of the molecule is CC1CN(c2ccc(CN)nc2)CC1N(C)C. The largest absolute Gasteiger partial charge is 0.368 e. The van der Waals surface area contributed by atoms with Gasteiger partial charge in [0.1, 0.15) is 0 Å². The van der Waals surface area contributed by atoms with E-state index in [0.29, 0.717) is 18.5 Å². The molecule has 2 rings (SSSR count). The zero-order valence-electron chi connectivity index (χ0n) is 10.9. The minimum absolute atomic E-state index is 0.511. The maximum Gasteiger partial charge on any atom is 0.0553 e. The first-order chi connectivity index (χ1) is 8.11. The summed E-state index contributed by atoms with van der Waals surface area (Å²) in [6.45, 7) is 5.01. The van der Waals surface area contributed by atoms with Crippen molar-refractivity contribution >= 4 is 5.69 Å². The van der Waals surface area contributed by atoms with E-state index in [2.05, 4.69) is 41.9 Å². The molecule has 0 bridgehead atoms. The third-order valence-corrected chi connectivity index (χ3v) is 3.62. The van der Waals surface area contributed by atoms with Gasteiger partial charge in [0.15, 0.2) is 0 Å². The first-order valence-corrected chi connectivity index (χ1v) is 6.18. The van der Waals surface area contributed by atoms with Crippen molar-refractivity contribution in [2.75, 3.05) is 32.1 Å². The zero-order chi connectivity index (χ0) is 12.4. The summed E-state index contributed by atoms with van der Waals surface area (Å²) in [6.07, 6.45) is 1.94. The van der Waals surface area contributed by atoms with Gasteiger partial charge in [-0.2, -0.15) is 0 Å². The second-order valence-electron chi connectivity index (χ2n) is 5.13. The van der Waals surface area contributed by atoms with Gasteiger partial charge in [0.2, 0.25) is 0 Å². The van der Waals surface area contributed by atoms with Crippen LogP contribution in [-0.4, -0.2) is 43.1 Å². The van der Waals surface area contributed by atoms with Gasteiger partial charge in [-0.05, 0) is 32.1 Å². The van der Waals surface area contributed by atoms with Crippen molar-refractivity contribution in [3.63, 3.8) is 0 Å². The Morgan fingerprint density at radius 1 is 1.41 bits per heavy atom. The topological polar surface area (TPSA) is 45.4 Å². The molecule has 1 aliphatic rings. The summed E-state index contributed by atoms with van der Waals surface area (Å²) in [5.74, 6) is 0.694. The second-order valence-corrected chi connectivity index (χ2v) is 5.13. The molecule has 1 aromatic rings. The highest BCUT2D eigenvalue weighted by molar-refractivity contribution is 5.46. The van der Waals surface area contributed by atoms with Crippen LogP contribution in [0, 0.1) is 5.92 Å². The van der Waals surface area contributed by atoms with E-state index < -0.39 is 0 Å². The molecule has 17 heavy (non-hydrogen) atoms. The summed E-state index contributed by atoms with van der Waals surface area (Å²) < 4.78 is 0. The number of aromatic nitrogens is 1. The lowest BCUT2D eigenvalue weighted by molar-refractivity contribution is 0.266. The maximum atomic E-state index is 5.55. The smallest absolute Gasteiger partial charge is 0.0553 e. The van der Waals surface area contributed by atoms with Crippen molar-refractivity contribution in [2.45, 2.75) is 19.5 Å². The van der Waals surface area contributed by atoms with Crippen molar-refractivity contribution < 1.29 is 0 Å². The molecule has 1 aromatic heterocycles. The number of nitrogens with zero attached hydrogens (tertiary/aromatic N) is 3. The van der Waals surface area contributed by atoms with Crippen LogP contribution in [0.15, 0.2) is 18.3 Å². The quantitative estimate of drug-likeness (QED) is 0.845. The number of hydrogen-bond donors (Lipinski definition) is 1. The Morgan fingerprint density at radius 3 is 2.65 bits per heavy atom. The van der Waals surface area contributed by atoms with Crippen LogP contribution in [0.1, 0.15) is 12.6 Å². The van der Waals surface area contributed by atoms with E-state index in [4.69, 9.17) is 5.73 Å². The van der Waals surface area contributed by atoms with E-state index >= 15 is 0 Å². The number of rotatable bonds is 3. The minimum atomic E-state index is 0.511. The van der Waals surface area contributed by atoms with Crippen LogP contribution in [0.3, 0.4) is 0 Å². The molecule has 4 heteroatoms. The number of nitrogens with two attached hydrogens (primary N) is 1. The maximum absolute atomic E-state index is 5.55. The monoisotopic (exact) mass is 234 g/mol. The van der Waals surface area contributed by atoms with Crippen LogP contribution >= 0.6 is 0 Å². The van der Waals surface area contributed by atoms with Gasteiger partial charge >= 0.3 is 0 Å². The van der Waals surface area contributed by atoms with E-state index in [1.165, 1.54) is 5.69 Å². The lowest BCUT2D eigenvalue weighted by Crippen LogP contribution is -2.34. The van der Waals surface area contributed by atoms with Crippen LogP contribution in [-0.2, 0) is 6.54 Å². The van der Waals surface area contributed by atoms with Gasteiger partial charge in [0, 0.05) is 25.7 Å². The second kappa shape index (κ2) is 5.02. The molecule has 1 saturated heterocycles. The molecule has 2 heterocycles. The van der Waals surface area contributed by atoms with E-state index in [1.807, 2.05) is 12.3 Å². The van der Waals surface area contributed by atoms with Gasteiger partial charge in [0.05, 0.1) is 17.6 Å². The summed E-state index contributed by atoms with van der Waals surface area (Å²) in [4.78, 5) is 9.07. The number of hydrogen-bond acceptors (Lipinski definition) is 4. The average molecular weight is 234 g/mol. The lowest BCUT2D eigenvalue weighted by atomic mass is 10.1. The Balaban J connectivity index is 2.08. The van der Waals surface area contributed by atoms with Crippen LogP contribution in [0.2, 0.25) is 0 Å². The van der Waals surface area contributed by atoms with Crippen LogP contribution < -0.4 is 10.6 Å². The molecule has 0 aliphatic carbocycles. The summed E-state index contributed by atoms with van der Waals surface area (Å²) in [5.41, 5.74) is 7.71. The fraction of sp³-hybridized carbons (Fsp3) is 0.615. The zero-order valence-corrected chi connectivity index (χ0v) is 10.9. The van der Waals surface area contributed by atoms with Gasteiger partial charge in [0.25, 0.3) is 0 Å². The molecule has 2 atom stereocenters. The van der Waals surface area contributed by atoms with Gasteiger partial charge in [-0.15, -0.1) is 0 Å². The lowest BCUT2D eigenvalue weighted by Gasteiger charge is -2.22. The number of likely N-dealkylation sites (N-methyl/N-ethyl adjacent to an activating group) is 1. The van der Waals surface area contributed by atoms with E-state index in [-0.39, 0.29) is 0 Å². The minimum Gasteiger partial charge on any atom is -0.368 e. The van der Waals surface area contributed by atoms with Crippen molar-refractivity contribution in [2.24, 2.45) is 11.7 Å². The third kappa shape index (κ3) is 2.58. The molecule has 0 saturated carbocycles.